The van der Waals surface area contributed by atoms with Gasteiger partial charge in [0.2, 0.25) is 0 Å². The molecule has 0 radical (unpaired) electrons. The fraction of sp³-hybridized carbons (Fsp3) is 0.250. The number of methoxy groups -OCH3 is 2. The van der Waals surface area contributed by atoms with Gasteiger partial charge in [-0.15, -0.1) is 0 Å². The number of nitrogens with two attached hydrogens (primary N) is 1. The van der Waals surface area contributed by atoms with Crippen LogP contribution < -0.4 is 20.5 Å². The van der Waals surface area contributed by atoms with Crippen LogP contribution in [-0.2, 0) is 4.79 Å². The summed E-state index contributed by atoms with van der Waals surface area (Å²) in [6.07, 6.45) is 1.03. The number of dihydropyridines is 1. The van der Waals surface area contributed by atoms with Crippen LogP contribution in [0.1, 0.15) is 35.8 Å². The summed E-state index contributed by atoms with van der Waals surface area (Å²) in [6.45, 7) is 0. The van der Waals surface area contributed by atoms with Crippen molar-refractivity contribution in [1.82, 2.24) is 5.32 Å². The molecule has 1 aliphatic heterocycles. The maximum atomic E-state index is 13.4. The third-order valence-corrected chi connectivity index (χ3v) is 5.80. The number of nitriles is 1. The number of ketones is 1. The summed E-state index contributed by atoms with van der Waals surface area (Å²) < 4.78 is 10.9. The van der Waals surface area contributed by atoms with E-state index >= 15 is 0 Å². The van der Waals surface area contributed by atoms with Crippen LogP contribution in [0.15, 0.2) is 71.2 Å². The molecule has 0 spiro atoms. The maximum absolute atomic E-state index is 13.4. The number of nitrogens with one attached hydrogen (secondary N) is 1. The van der Waals surface area contributed by atoms with Crippen LogP contribution in [0.4, 0.5) is 0 Å². The predicted molar refractivity (Wildman–Crippen MR) is 113 cm³/mol. The average Bonchev–Trinajstić information content (AvgIpc) is 2.78. The Balaban J connectivity index is 1.85. The third-order valence-electron chi connectivity index (χ3n) is 5.80. The third kappa shape index (κ3) is 3.29. The Morgan fingerprint density at radius 1 is 1.10 bits per heavy atom. The van der Waals surface area contributed by atoms with Gasteiger partial charge in [-0.1, -0.05) is 30.3 Å². The van der Waals surface area contributed by atoms with Gasteiger partial charge in [-0.05, 0) is 36.1 Å². The molecule has 6 nitrogen and oxygen atoms in total. The molecule has 0 fully saturated rings. The van der Waals surface area contributed by atoms with Crippen LogP contribution in [0, 0.1) is 11.3 Å². The molecular weight excluding hydrogens is 378 g/mol. The summed E-state index contributed by atoms with van der Waals surface area (Å²) in [5, 5.41) is 13.0. The molecule has 152 valence electrons. The second-order valence-corrected chi connectivity index (χ2v) is 7.44. The molecule has 2 aromatic carbocycles. The standard InChI is InChI=1S/C24H23N3O3/c1-29-16-8-9-21(30-2)17(12-16)22-18(13-25)24(26)27-19-10-15(11-20(28)23(19)22)14-6-4-3-5-7-14/h3-9,12,15,22,27H,10-11,26H2,1-2H3. The van der Waals surface area contributed by atoms with E-state index < -0.39 is 5.92 Å². The number of hydrogen-bond acceptors (Lipinski definition) is 6. The van der Waals surface area contributed by atoms with Crippen molar-refractivity contribution in [3.05, 3.63) is 82.3 Å². The van der Waals surface area contributed by atoms with Crippen molar-refractivity contribution < 1.29 is 14.3 Å². The van der Waals surface area contributed by atoms with Crippen molar-refractivity contribution in [2.24, 2.45) is 5.73 Å². The highest BCUT2D eigenvalue weighted by Gasteiger charge is 2.40. The van der Waals surface area contributed by atoms with Crippen molar-refractivity contribution in [1.29, 1.82) is 5.26 Å². The zero-order valence-corrected chi connectivity index (χ0v) is 16.9. The van der Waals surface area contributed by atoms with Gasteiger partial charge in [-0.2, -0.15) is 5.26 Å². The first-order valence-corrected chi connectivity index (χ1v) is 9.77. The summed E-state index contributed by atoms with van der Waals surface area (Å²) in [5.41, 5.74) is 9.71. The van der Waals surface area contributed by atoms with Crippen molar-refractivity contribution >= 4 is 5.78 Å². The topological polar surface area (TPSA) is 97.4 Å². The van der Waals surface area contributed by atoms with Gasteiger partial charge in [0.05, 0.1) is 31.8 Å². The van der Waals surface area contributed by atoms with Crippen molar-refractivity contribution in [3.8, 4) is 17.6 Å². The largest absolute Gasteiger partial charge is 0.497 e. The van der Waals surface area contributed by atoms with E-state index in [2.05, 4.69) is 11.4 Å². The second kappa shape index (κ2) is 7.96. The fourth-order valence-corrected chi connectivity index (χ4v) is 4.38. The number of hydrogen-bond donors (Lipinski definition) is 2. The molecule has 0 amide bonds. The Labute approximate surface area is 175 Å². The number of carbonyl (C=O) groups excluding carboxylic acids is 1. The number of Topliss-reactive ketones (excluding diaryl/α,β-unsaturated/α-hetero) is 1. The normalized spacial score (nSPS) is 20.9. The zero-order chi connectivity index (χ0) is 21.3. The van der Waals surface area contributed by atoms with Gasteiger partial charge >= 0.3 is 0 Å². The lowest BCUT2D eigenvalue weighted by atomic mass is 9.72. The van der Waals surface area contributed by atoms with Crippen molar-refractivity contribution in [2.75, 3.05) is 14.2 Å². The van der Waals surface area contributed by atoms with Crippen LogP contribution in [0.2, 0.25) is 0 Å². The van der Waals surface area contributed by atoms with Crippen LogP contribution in [0.3, 0.4) is 0 Å². The lowest BCUT2D eigenvalue weighted by molar-refractivity contribution is -0.116. The maximum Gasteiger partial charge on any atom is 0.162 e. The zero-order valence-electron chi connectivity index (χ0n) is 16.9. The molecule has 3 N–H and O–H groups in total. The number of ether oxygens (including phenoxy) is 2. The molecule has 6 heteroatoms. The van der Waals surface area contributed by atoms with E-state index in [0.717, 1.165) is 11.3 Å². The summed E-state index contributed by atoms with van der Waals surface area (Å²) in [6, 6.07) is 17.6. The molecule has 2 atom stereocenters. The Hall–Kier alpha value is -3.72. The van der Waals surface area contributed by atoms with Crippen LogP contribution in [0.5, 0.6) is 11.5 Å². The molecule has 1 heterocycles. The van der Waals surface area contributed by atoms with Crippen LogP contribution in [-0.4, -0.2) is 20.0 Å². The van der Waals surface area contributed by atoms with E-state index in [4.69, 9.17) is 15.2 Å². The van der Waals surface area contributed by atoms with Gasteiger partial charge in [-0.25, -0.2) is 0 Å². The minimum atomic E-state index is -0.597. The van der Waals surface area contributed by atoms with Crippen LogP contribution in [0.25, 0.3) is 0 Å². The summed E-state index contributed by atoms with van der Waals surface area (Å²) >= 11 is 0. The molecule has 2 aromatic rings. The molecule has 1 aliphatic carbocycles. The highest BCUT2D eigenvalue weighted by molar-refractivity contribution is 6.00. The first kappa shape index (κ1) is 19.6. The summed E-state index contributed by atoms with van der Waals surface area (Å²) in [4.78, 5) is 13.4. The van der Waals surface area contributed by atoms with E-state index in [9.17, 15) is 10.1 Å². The summed E-state index contributed by atoms with van der Waals surface area (Å²) in [7, 11) is 3.14. The molecule has 4 rings (SSSR count). The molecule has 0 saturated carbocycles. The first-order chi connectivity index (χ1) is 14.6. The minimum Gasteiger partial charge on any atom is -0.497 e. The monoisotopic (exact) mass is 401 g/mol. The molecule has 0 bridgehead atoms. The van der Waals surface area contributed by atoms with Crippen molar-refractivity contribution in [2.45, 2.75) is 24.7 Å². The minimum absolute atomic E-state index is 0.00715. The Morgan fingerprint density at radius 3 is 2.53 bits per heavy atom. The lowest BCUT2D eigenvalue weighted by Gasteiger charge is -2.35. The Morgan fingerprint density at radius 2 is 1.87 bits per heavy atom. The van der Waals surface area contributed by atoms with E-state index in [1.54, 1.807) is 32.4 Å². The van der Waals surface area contributed by atoms with Gasteiger partial charge in [0.25, 0.3) is 0 Å². The van der Waals surface area contributed by atoms with Gasteiger partial charge in [-0.3, -0.25) is 4.79 Å². The van der Waals surface area contributed by atoms with Gasteiger partial charge < -0.3 is 20.5 Å². The number of rotatable bonds is 4. The number of carbonyl (C=O) groups is 1. The predicted octanol–water partition coefficient (Wildman–Crippen LogP) is 3.49. The second-order valence-electron chi connectivity index (χ2n) is 7.44. The van der Waals surface area contributed by atoms with Gasteiger partial charge in [0.15, 0.2) is 5.78 Å². The summed E-state index contributed by atoms with van der Waals surface area (Å²) in [5.74, 6) is 0.941. The fourth-order valence-electron chi connectivity index (χ4n) is 4.38. The Kier molecular flexibility index (Phi) is 5.20. The van der Waals surface area contributed by atoms with E-state index in [1.165, 1.54) is 0 Å². The molecule has 2 unspecified atom stereocenters. The van der Waals surface area contributed by atoms with E-state index in [1.807, 2.05) is 30.3 Å². The SMILES string of the molecule is COc1ccc(OC)c(C2C(C#N)=C(N)NC3=C2C(=O)CC(c2ccccc2)C3)c1. The number of nitrogens with zero attached hydrogens (tertiary/aromatic N) is 1. The highest BCUT2D eigenvalue weighted by Crippen LogP contribution is 2.47. The lowest BCUT2D eigenvalue weighted by Crippen LogP contribution is -2.36. The van der Waals surface area contributed by atoms with Gasteiger partial charge in [0.1, 0.15) is 17.3 Å². The quantitative estimate of drug-likeness (QED) is 0.814. The molecule has 2 aliphatic rings. The van der Waals surface area contributed by atoms with Crippen molar-refractivity contribution in [3.63, 3.8) is 0 Å². The van der Waals surface area contributed by atoms with E-state index in [-0.39, 0.29) is 17.5 Å². The number of benzene rings is 2. The number of allylic oxidation sites excluding steroid dienone is 3. The van der Waals surface area contributed by atoms with Gasteiger partial charge in [0, 0.05) is 23.3 Å². The Bertz CT molecular complexity index is 1100. The van der Waals surface area contributed by atoms with Crippen LogP contribution >= 0.6 is 0 Å². The highest BCUT2D eigenvalue weighted by atomic mass is 16.5. The molecular formula is C24H23N3O3. The molecule has 30 heavy (non-hydrogen) atoms. The molecule has 0 saturated heterocycles. The van der Waals surface area contributed by atoms with E-state index in [0.29, 0.717) is 41.1 Å². The first-order valence-electron chi connectivity index (χ1n) is 9.77. The molecule has 0 aromatic heterocycles. The average molecular weight is 401 g/mol. The smallest absolute Gasteiger partial charge is 0.162 e.